The minimum atomic E-state index is 0.728. The SMILES string of the molecule is CCC1CCC(=CCN)CC1. The number of allylic oxidation sites excluding steroid dienone is 1. The maximum absolute atomic E-state index is 5.45. The Balaban J connectivity index is 2.30. The highest BCUT2D eigenvalue weighted by molar-refractivity contribution is 5.05. The summed E-state index contributed by atoms with van der Waals surface area (Å²) in [6, 6.07) is 0. The Morgan fingerprint density at radius 3 is 2.55 bits per heavy atom. The first-order chi connectivity index (χ1) is 5.36. The first-order valence-electron chi connectivity index (χ1n) is 4.74. The van der Waals surface area contributed by atoms with Crippen molar-refractivity contribution in [2.24, 2.45) is 11.7 Å². The van der Waals surface area contributed by atoms with Crippen molar-refractivity contribution in [3.05, 3.63) is 11.6 Å². The molecule has 0 aromatic rings. The predicted molar refractivity (Wildman–Crippen MR) is 49.4 cm³/mol. The zero-order chi connectivity index (χ0) is 8.10. The van der Waals surface area contributed by atoms with Gasteiger partial charge in [0.1, 0.15) is 0 Å². The van der Waals surface area contributed by atoms with Gasteiger partial charge >= 0.3 is 0 Å². The second-order valence-electron chi connectivity index (χ2n) is 3.45. The van der Waals surface area contributed by atoms with Crippen LogP contribution < -0.4 is 5.73 Å². The normalized spacial score (nSPS) is 25.3. The summed E-state index contributed by atoms with van der Waals surface area (Å²) in [6.45, 7) is 3.02. The highest BCUT2D eigenvalue weighted by Crippen LogP contribution is 2.29. The van der Waals surface area contributed by atoms with E-state index >= 15 is 0 Å². The largest absolute Gasteiger partial charge is 0.327 e. The molecule has 0 bridgehead atoms. The van der Waals surface area contributed by atoms with E-state index in [1.807, 2.05) is 0 Å². The van der Waals surface area contributed by atoms with E-state index in [2.05, 4.69) is 13.0 Å². The van der Waals surface area contributed by atoms with Crippen LogP contribution in [0.15, 0.2) is 11.6 Å². The van der Waals surface area contributed by atoms with Crippen LogP contribution in [0.2, 0.25) is 0 Å². The van der Waals surface area contributed by atoms with Crippen molar-refractivity contribution in [1.29, 1.82) is 0 Å². The first kappa shape index (κ1) is 8.79. The van der Waals surface area contributed by atoms with Crippen LogP contribution >= 0.6 is 0 Å². The molecular formula is C10H19N. The van der Waals surface area contributed by atoms with E-state index in [-0.39, 0.29) is 0 Å². The second-order valence-corrected chi connectivity index (χ2v) is 3.45. The minimum Gasteiger partial charge on any atom is -0.327 e. The lowest BCUT2D eigenvalue weighted by Crippen LogP contribution is -2.08. The molecule has 0 saturated heterocycles. The van der Waals surface area contributed by atoms with E-state index in [1.54, 1.807) is 5.57 Å². The molecular weight excluding hydrogens is 134 g/mol. The van der Waals surface area contributed by atoms with E-state index in [4.69, 9.17) is 5.73 Å². The maximum Gasteiger partial charge on any atom is 0.0109 e. The fourth-order valence-corrected chi connectivity index (χ4v) is 1.83. The maximum atomic E-state index is 5.45. The van der Waals surface area contributed by atoms with Crippen LogP contribution in [0.3, 0.4) is 0 Å². The minimum absolute atomic E-state index is 0.728. The number of hydrogen-bond acceptors (Lipinski definition) is 1. The average Bonchev–Trinajstić information content (AvgIpc) is 2.07. The van der Waals surface area contributed by atoms with Gasteiger partial charge < -0.3 is 5.73 Å². The highest BCUT2D eigenvalue weighted by Gasteiger charge is 2.13. The fourth-order valence-electron chi connectivity index (χ4n) is 1.83. The molecule has 0 aromatic heterocycles. The van der Waals surface area contributed by atoms with Crippen molar-refractivity contribution < 1.29 is 0 Å². The third-order valence-electron chi connectivity index (χ3n) is 2.73. The van der Waals surface area contributed by atoms with Gasteiger partial charge in [-0.05, 0) is 31.6 Å². The van der Waals surface area contributed by atoms with Crippen molar-refractivity contribution in [1.82, 2.24) is 0 Å². The molecule has 0 radical (unpaired) electrons. The van der Waals surface area contributed by atoms with Gasteiger partial charge in [-0.2, -0.15) is 0 Å². The lowest BCUT2D eigenvalue weighted by Gasteiger charge is -2.22. The molecule has 11 heavy (non-hydrogen) atoms. The Morgan fingerprint density at radius 2 is 2.09 bits per heavy atom. The number of hydrogen-bond donors (Lipinski definition) is 1. The van der Waals surface area contributed by atoms with Crippen LogP contribution in [0.4, 0.5) is 0 Å². The van der Waals surface area contributed by atoms with Gasteiger partial charge in [-0.3, -0.25) is 0 Å². The van der Waals surface area contributed by atoms with Gasteiger partial charge in [0.2, 0.25) is 0 Å². The molecule has 0 aliphatic heterocycles. The summed E-state index contributed by atoms with van der Waals surface area (Å²) in [5.74, 6) is 0.991. The van der Waals surface area contributed by atoms with Crippen molar-refractivity contribution in [3.8, 4) is 0 Å². The van der Waals surface area contributed by atoms with Crippen molar-refractivity contribution in [2.45, 2.75) is 39.0 Å². The van der Waals surface area contributed by atoms with Crippen LogP contribution in [-0.2, 0) is 0 Å². The predicted octanol–water partition coefficient (Wildman–Crippen LogP) is 2.47. The molecule has 0 unspecified atom stereocenters. The van der Waals surface area contributed by atoms with Crippen molar-refractivity contribution in [2.75, 3.05) is 6.54 Å². The monoisotopic (exact) mass is 153 g/mol. The Hall–Kier alpha value is -0.300. The Morgan fingerprint density at radius 1 is 1.45 bits per heavy atom. The van der Waals surface area contributed by atoms with Gasteiger partial charge in [-0.15, -0.1) is 0 Å². The molecule has 64 valence electrons. The summed E-state index contributed by atoms with van der Waals surface area (Å²) in [7, 11) is 0. The molecule has 2 N–H and O–H groups in total. The summed E-state index contributed by atoms with van der Waals surface area (Å²) >= 11 is 0. The molecule has 1 fully saturated rings. The van der Waals surface area contributed by atoms with Gasteiger partial charge in [0.25, 0.3) is 0 Å². The summed E-state index contributed by atoms with van der Waals surface area (Å²) in [5, 5.41) is 0. The smallest absolute Gasteiger partial charge is 0.0109 e. The zero-order valence-corrected chi connectivity index (χ0v) is 7.47. The molecule has 1 nitrogen and oxygen atoms in total. The molecule has 1 rings (SSSR count). The molecule has 1 saturated carbocycles. The highest BCUT2D eigenvalue weighted by atomic mass is 14.5. The Bertz CT molecular complexity index is 128. The molecule has 0 amide bonds. The summed E-state index contributed by atoms with van der Waals surface area (Å²) in [5.41, 5.74) is 7.04. The summed E-state index contributed by atoms with van der Waals surface area (Å²) in [6.07, 6.45) is 8.94. The molecule has 0 heterocycles. The van der Waals surface area contributed by atoms with Crippen molar-refractivity contribution in [3.63, 3.8) is 0 Å². The quantitative estimate of drug-likeness (QED) is 0.606. The van der Waals surface area contributed by atoms with Gasteiger partial charge in [0.15, 0.2) is 0 Å². The first-order valence-corrected chi connectivity index (χ1v) is 4.74. The van der Waals surface area contributed by atoms with Gasteiger partial charge in [0.05, 0.1) is 0 Å². The van der Waals surface area contributed by atoms with Crippen LogP contribution in [0.5, 0.6) is 0 Å². The van der Waals surface area contributed by atoms with Crippen LogP contribution in [0.25, 0.3) is 0 Å². The molecule has 0 atom stereocenters. The average molecular weight is 153 g/mol. The van der Waals surface area contributed by atoms with Crippen LogP contribution in [0, 0.1) is 5.92 Å². The summed E-state index contributed by atoms with van der Waals surface area (Å²) in [4.78, 5) is 0. The molecule has 1 heteroatoms. The molecule has 0 aromatic carbocycles. The molecule has 0 spiro atoms. The zero-order valence-electron chi connectivity index (χ0n) is 7.47. The lowest BCUT2D eigenvalue weighted by atomic mass is 9.84. The number of rotatable bonds is 2. The third-order valence-corrected chi connectivity index (χ3v) is 2.73. The van der Waals surface area contributed by atoms with Crippen molar-refractivity contribution >= 4 is 0 Å². The Kier molecular flexibility index (Phi) is 3.64. The van der Waals surface area contributed by atoms with Gasteiger partial charge in [-0.1, -0.05) is 25.0 Å². The van der Waals surface area contributed by atoms with Crippen LogP contribution in [-0.4, -0.2) is 6.54 Å². The molecule has 1 aliphatic carbocycles. The van der Waals surface area contributed by atoms with E-state index < -0.39 is 0 Å². The van der Waals surface area contributed by atoms with Crippen LogP contribution in [0.1, 0.15) is 39.0 Å². The van der Waals surface area contributed by atoms with E-state index in [1.165, 1.54) is 32.1 Å². The summed E-state index contributed by atoms with van der Waals surface area (Å²) < 4.78 is 0. The Labute approximate surface area is 69.7 Å². The fraction of sp³-hybridized carbons (Fsp3) is 0.800. The van der Waals surface area contributed by atoms with E-state index in [0.29, 0.717) is 0 Å². The topological polar surface area (TPSA) is 26.0 Å². The molecule has 1 aliphatic rings. The van der Waals surface area contributed by atoms with Gasteiger partial charge in [0, 0.05) is 6.54 Å². The standard InChI is InChI=1S/C10H19N/c1-2-9-3-5-10(6-4-9)7-8-11/h7,9H,2-6,8,11H2,1H3. The number of nitrogens with two attached hydrogens (primary N) is 1. The lowest BCUT2D eigenvalue weighted by molar-refractivity contribution is 0.397. The van der Waals surface area contributed by atoms with E-state index in [9.17, 15) is 0 Å². The second kappa shape index (κ2) is 4.55. The third kappa shape index (κ3) is 2.66. The van der Waals surface area contributed by atoms with E-state index in [0.717, 1.165) is 12.5 Å². The van der Waals surface area contributed by atoms with Gasteiger partial charge in [-0.25, -0.2) is 0 Å².